The number of ether oxygens (including phenoxy) is 2. The van der Waals surface area contributed by atoms with E-state index in [2.05, 4.69) is 5.10 Å². The van der Waals surface area contributed by atoms with Crippen molar-refractivity contribution in [2.75, 3.05) is 19.5 Å². The monoisotopic (exact) mass is 315 g/mol. The van der Waals surface area contributed by atoms with Crippen LogP contribution in [0.4, 0.5) is 5.69 Å². The maximum absolute atomic E-state index is 11.9. The Kier molecular flexibility index (Phi) is 4.34. The number of aromatic nitrogens is 2. The van der Waals surface area contributed by atoms with Crippen LogP contribution < -0.4 is 5.73 Å². The second kappa shape index (κ2) is 6.42. The second-order valence-electron chi connectivity index (χ2n) is 5.76. The lowest BCUT2D eigenvalue weighted by Gasteiger charge is -2.22. The third-order valence-corrected chi connectivity index (χ3v) is 4.24. The Morgan fingerprint density at radius 1 is 1.39 bits per heavy atom. The van der Waals surface area contributed by atoms with Crippen molar-refractivity contribution in [1.82, 2.24) is 9.78 Å². The molecular formula is C17H21N3O3. The molecule has 0 amide bonds. The van der Waals surface area contributed by atoms with Crippen LogP contribution in [0.5, 0.6) is 0 Å². The van der Waals surface area contributed by atoms with E-state index in [0.717, 1.165) is 42.6 Å². The van der Waals surface area contributed by atoms with E-state index in [1.165, 1.54) is 7.11 Å². The maximum atomic E-state index is 11.9. The first-order valence-electron chi connectivity index (χ1n) is 7.74. The Labute approximate surface area is 135 Å². The number of carbonyl (C=O) groups is 1. The zero-order valence-corrected chi connectivity index (χ0v) is 13.4. The average molecular weight is 315 g/mol. The molecule has 3 rings (SSSR count). The second-order valence-corrected chi connectivity index (χ2v) is 5.76. The summed E-state index contributed by atoms with van der Waals surface area (Å²) in [6.45, 7) is 2.58. The van der Waals surface area contributed by atoms with E-state index in [4.69, 9.17) is 15.2 Å². The van der Waals surface area contributed by atoms with Gasteiger partial charge in [-0.15, -0.1) is 0 Å². The van der Waals surface area contributed by atoms with Crippen LogP contribution in [-0.4, -0.2) is 29.5 Å². The SMILES string of the molecule is COC(=O)c1cc(-c2cnn(C3CCCCO3)c2)cc(N)c1C. The molecule has 23 heavy (non-hydrogen) atoms. The first kappa shape index (κ1) is 15.6. The number of nitrogens with two attached hydrogens (primary N) is 1. The van der Waals surface area contributed by atoms with Crippen molar-refractivity contribution >= 4 is 11.7 Å². The summed E-state index contributed by atoms with van der Waals surface area (Å²) in [4.78, 5) is 11.9. The molecular weight excluding hydrogens is 294 g/mol. The fourth-order valence-electron chi connectivity index (χ4n) is 2.80. The van der Waals surface area contributed by atoms with Gasteiger partial charge in [0, 0.05) is 24.1 Å². The zero-order valence-electron chi connectivity index (χ0n) is 13.4. The number of nitrogen functional groups attached to an aromatic ring is 1. The van der Waals surface area contributed by atoms with Gasteiger partial charge in [0.05, 0.1) is 18.9 Å². The molecule has 0 saturated carbocycles. The quantitative estimate of drug-likeness (QED) is 0.696. The molecule has 1 fully saturated rings. The van der Waals surface area contributed by atoms with Gasteiger partial charge < -0.3 is 15.2 Å². The van der Waals surface area contributed by atoms with E-state index < -0.39 is 0 Å². The van der Waals surface area contributed by atoms with Crippen LogP contribution >= 0.6 is 0 Å². The van der Waals surface area contributed by atoms with Gasteiger partial charge in [-0.05, 0) is 49.4 Å². The normalized spacial score (nSPS) is 17.9. The van der Waals surface area contributed by atoms with Crippen LogP contribution in [-0.2, 0) is 9.47 Å². The zero-order chi connectivity index (χ0) is 16.4. The number of anilines is 1. The minimum absolute atomic E-state index is 0.0135. The summed E-state index contributed by atoms with van der Waals surface area (Å²) >= 11 is 0. The maximum Gasteiger partial charge on any atom is 0.338 e. The molecule has 0 bridgehead atoms. The van der Waals surface area contributed by atoms with Crippen LogP contribution in [0.1, 0.15) is 41.4 Å². The highest BCUT2D eigenvalue weighted by molar-refractivity contribution is 5.94. The molecule has 0 spiro atoms. The fraction of sp³-hybridized carbons (Fsp3) is 0.412. The standard InChI is InChI=1S/C17H21N3O3/c1-11-14(17(21)22-2)7-12(8-15(11)18)13-9-19-20(10-13)16-5-3-4-6-23-16/h7-10,16H,3-6,18H2,1-2H3. The lowest BCUT2D eigenvalue weighted by atomic mass is 10.00. The molecule has 2 N–H and O–H groups in total. The van der Waals surface area contributed by atoms with Gasteiger partial charge in [0.2, 0.25) is 0 Å². The third kappa shape index (κ3) is 3.07. The van der Waals surface area contributed by atoms with Crippen molar-refractivity contribution in [3.05, 3.63) is 35.7 Å². The minimum atomic E-state index is -0.390. The van der Waals surface area contributed by atoms with E-state index in [1.807, 2.05) is 23.9 Å². The predicted octanol–water partition coefficient (Wildman–Crippen LogP) is 2.93. The highest BCUT2D eigenvalue weighted by atomic mass is 16.5. The van der Waals surface area contributed by atoms with Gasteiger partial charge in [-0.1, -0.05) is 0 Å². The van der Waals surface area contributed by atoms with Gasteiger partial charge in [0.15, 0.2) is 0 Å². The van der Waals surface area contributed by atoms with Crippen molar-refractivity contribution in [2.45, 2.75) is 32.4 Å². The number of rotatable bonds is 3. The van der Waals surface area contributed by atoms with Gasteiger partial charge in [0.25, 0.3) is 0 Å². The smallest absolute Gasteiger partial charge is 0.338 e. The fourth-order valence-corrected chi connectivity index (χ4v) is 2.80. The van der Waals surface area contributed by atoms with E-state index in [0.29, 0.717) is 11.3 Å². The van der Waals surface area contributed by atoms with Gasteiger partial charge in [-0.25, -0.2) is 9.48 Å². The molecule has 1 aromatic carbocycles. The molecule has 1 atom stereocenters. The summed E-state index contributed by atoms with van der Waals surface area (Å²) in [7, 11) is 1.36. The Morgan fingerprint density at radius 3 is 2.91 bits per heavy atom. The minimum Gasteiger partial charge on any atom is -0.465 e. The van der Waals surface area contributed by atoms with E-state index in [9.17, 15) is 4.79 Å². The van der Waals surface area contributed by atoms with E-state index in [-0.39, 0.29) is 12.2 Å². The first-order chi connectivity index (χ1) is 11.1. The highest BCUT2D eigenvalue weighted by Crippen LogP contribution is 2.29. The molecule has 6 heteroatoms. The molecule has 2 heterocycles. The van der Waals surface area contributed by atoms with E-state index in [1.54, 1.807) is 12.3 Å². The Morgan fingerprint density at radius 2 is 2.22 bits per heavy atom. The van der Waals surface area contributed by atoms with Crippen LogP contribution in [0.3, 0.4) is 0 Å². The third-order valence-electron chi connectivity index (χ3n) is 4.24. The Bertz CT molecular complexity index is 718. The summed E-state index contributed by atoms with van der Waals surface area (Å²) < 4.78 is 12.4. The molecule has 1 aromatic heterocycles. The van der Waals surface area contributed by atoms with Gasteiger partial charge in [-0.2, -0.15) is 5.10 Å². The topological polar surface area (TPSA) is 79.4 Å². The van der Waals surface area contributed by atoms with Crippen LogP contribution in [0.2, 0.25) is 0 Å². The largest absolute Gasteiger partial charge is 0.465 e. The first-order valence-corrected chi connectivity index (χ1v) is 7.74. The molecule has 1 unspecified atom stereocenters. The van der Waals surface area contributed by atoms with Crippen molar-refractivity contribution < 1.29 is 14.3 Å². The summed E-state index contributed by atoms with van der Waals surface area (Å²) in [5.41, 5.74) is 9.54. The number of hydrogen-bond donors (Lipinski definition) is 1. The molecule has 1 aliphatic rings. The van der Waals surface area contributed by atoms with Gasteiger partial charge in [-0.3, -0.25) is 0 Å². The lowest BCUT2D eigenvalue weighted by molar-refractivity contribution is -0.0394. The van der Waals surface area contributed by atoms with Gasteiger partial charge in [0.1, 0.15) is 6.23 Å². The highest BCUT2D eigenvalue weighted by Gasteiger charge is 2.18. The summed E-state index contributed by atoms with van der Waals surface area (Å²) in [5, 5.41) is 4.40. The van der Waals surface area contributed by atoms with Crippen LogP contribution in [0, 0.1) is 6.92 Å². The van der Waals surface area contributed by atoms with Crippen molar-refractivity contribution in [2.24, 2.45) is 0 Å². The molecule has 0 radical (unpaired) electrons. The van der Waals surface area contributed by atoms with Gasteiger partial charge >= 0.3 is 5.97 Å². The Balaban J connectivity index is 1.94. The molecule has 6 nitrogen and oxygen atoms in total. The summed E-state index contributed by atoms with van der Waals surface area (Å²) in [5.74, 6) is -0.390. The summed E-state index contributed by atoms with van der Waals surface area (Å²) in [6, 6.07) is 3.64. The average Bonchev–Trinajstić information content (AvgIpc) is 3.07. The molecule has 1 saturated heterocycles. The van der Waals surface area contributed by atoms with Crippen molar-refractivity contribution in [1.29, 1.82) is 0 Å². The molecule has 122 valence electrons. The molecule has 2 aromatic rings. The number of esters is 1. The number of nitrogens with zero attached hydrogens (tertiary/aromatic N) is 2. The Hall–Kier alpha value is -2.34. The summed E-state index contributed by atoms with van der Waals surface area (Å²) in [6.07, 6.45) is 6.89. The number of methoxy groups -OCH3 is 1. The number of hydrogen-bond acceptors (Lipinski definition) is 5. The van der Waals surface area contributed by atoms with Crippen molar-refractivity contribution in [3.8, 4) is 11.1 Å². The molecule has 0 aliphatic carbocycles. The number of benzene rings is 1. The molecule has 1 aliphatic heterocycles. The predicted molar refractivity (Wildman–Crippen MR) is 87.0 cm³/mol. The lowest BCUT2D eigenvalue weighted by Crippen LogP contribution is -2.18. The number of carbonyl (C=O) groups excluding carboxylic acids is 1. The van der Waals surface area contributed by atoms with Crippen molar-refractivity contribution in [3.63, 3.8) is 0 Å². The van der Waals surface area contributed by atoms with Crippen LogP contribution in [0.25, 0.3) is 11.1 Å². The van der Waals surface area contributed by atoms with E-state index >= 15 is 0 Å². The van der Waals surface area contributed by atoms with Crippen LogP contribution in [0.15, 0.2) is 24.5 Å².